The van der Waals surface area contributed by atoms with Crippen LogP contribution in [-0.2, 0) is 9.47 Å². The van der Waals surface area contributed by atoms with Crippen molar-refractivity contribution < 1.29 is 14.6 Å². The fourth-order valence-electron chi connectivity index (χ4n) is 10.3. The van der Waals surface area contributed by atoms with Crippen LogP contribution in [0.2, 0.25) is 0 Å². The molecule has 6 rings (SSSR count). The van der Waals surface area contributed by atoms with E-state index in [0.717, 1.165) is 49.5 Å². The summed E-state index contributed by atoms with van der Waals surface area (Å²) in [5.74, 6) is 4.93. The summed E-state index contributed by atoms with van der Waals surface area (Å²) < 4.78 is 13.4. The lowest BCUT2D eigenvalue weighted by atomic mass is 9.44. The van der Waals surface area contributed by atoms with Crippen molar-refractivity contribution in [2.45, 2.75) is 110 Å². The number of rotatable bonds is 0. The van der Waals surface area contributed by atoms with Gasteiger partial charge in [-0.2, -0.15) is 0 Å². The summed E-state index contributed by atoms with van der Waals surface area (Å²) in [5.41, 5.74) is 0.899. The summed E-state index contributed by atoms with van der Waals surface area (Å²) in [6.07, 6.45) is 12.9. The topological polar surface area (TPSA) is 38.7 Å². The van der Waals surface area contributed by atoms with Crippen LogP contribution in [0.5, 0.6) is 0 Å². The third kappa shape index (κ3) is 2.61. The standard InChI is InChI=1S/C27H44O3/c1-16-7-12-27(29-15-16)17(2)24-23(30-27)14-22-20-6-5-18-13-19(28)8-10-25(18,3)21(20)9-11-26(22,24)4/h16-24,28H,5-15H2,1-4H3/t16-,17?,18+,19-,20+,21?,22?,23?,24?,25-,26?,27?/m0/s1. The van der Waals surface area contributed by atoms with Crippen LogP contribution in [0.3, 0.4) is 0 Å². The Balaban J connectivity index is 1.26. The number of aliphatic hydroxyl groups excluding tert-OH is 1. The molecule has 2 aliphatic heterocycles. The highest BCUT2D eigenvalue weighted by Gasteiger charge is 2.69. The molecule has 30 heavy (non-hydrogen) atoms. The Hall–Kier alpha value is -0.120. The van der Waals surface area contributed by atoms with Crippen molar-refractivity contribution >= 4 is 0 Å². The zero-order valence-electron chi connectivity index (χ0n) is 19.7. The van der Waals surface area contributed by atoms with Gasteiger partial charge in [-0.3, -0.25) is 0 Å². The van der Waals surface area contributed by atoms with Gasteiger partial charge >= 0.3 is 0 Å². The first-order valence-corrected chi connectivity index (χ1v) is 13.3. The van der Waals surface area contributed by atoms with E-state index in [1.807, 2.05) is 0 Å². The van der Waals surface area contributed by atoms with Gasteiger partial charge in [0, 0.05) is 12.3 Å². The zero-order chi connectivity index (χ0) is 20.9. The zero-order valence-corrected chi connectivity index (χ0v) is 19.7. The minimum absolute atomic E-state index is 0.0389. The molecule has 3 heteroatoms. The second kappa shape index (κ2) is 6.70. The average molecular weight is 417 g/mol. The molecule has 0 bridgehead atoms. The molecule has 1 N–H and O–H groups in total. The molecule has 7 unspecified atom stereocenters. The van der Waals surface area contributed by atoms with Crippen molar-refractivity contribution in [3.05, 3.63) is 0 Å². The van der Waals surface area contributed by atoms with E-state index in [1.54, 1.807) is 0 Å². The lowest BCUT2D eigenvalue weighted by Gasteiger charge is -2.61. The largest absolute Gasteiger partial charge is 0.393 e. The number of hydrogen-bond acceptors (Lipinski definition) is 3. The van der Waals surface area contributed by atoms with Gasteiger partial charge < -0.3 is 14.6 Å². The molecule has 170 valence electrons. The molecule has 0 amide bonds. The number of ether oxygens (including phenoxy) is 2. The molecule has 0 aromatic carbocycles. The lowest BCUT2D eigenvalue weighted by Crippen LogP contribution is -2.55. The molecular weight excluding hydrogens is 372 g/mol. The summed E-state index contributed by atoms with van der Waals surface area (Å²) in [7, 11) is 0. The van der Waals surface area contributed by atoms with E-state index in [2.05, 4.69) is 27.7 Å². The van der Waals surface area contributed by atoms with Gasteiger partial charge in [0.25, 0.3) is 0 Å². The van der Waals surface area contributed by atoms with Gasteiger partial charge in [0.1, 0.15) is 0 Å². The van der Waals surface area contributed by atoms with Gasteiger partial charge in [-0.15, -0.1) is 0 Å². The molecule has 0 aromatic rings. The highest BCUT2D eigenvalue weighted by molar-refractivity contribution is 5.15. The Morgan fingerprint density at radius 1 is 0.833 bits per heavy atom. The van der Waals surface area contributed by atoms with Gasteiger partial charge in [0.15, 0.2) is 5.79 Å². The minimum Gasteiger partial charge on any atom is -0.393 e. The number of aliphatic hydroxyl groups is 1. The first-order valence-electron chi connectivity index (χ1n) is 13.3. The van der Waals surface area contributed by atoms with Crippen LogP contribution in [0.4, 0.5) is 0 Å². The smallest absolute Gasteiger partial charge is 0.171 e. The molecule has 0 aromatic heterocycles. The quantitative estimate of drug-likeness (QED) is 0.543. The lowest BCUT2D eigenvalue weighted by molar-refractivity contribution is -0.273. The Morgan fingerprint density at radius 3 is 2.40 bits per heavy atom. The summed E-state index contributed by atoms with van der Waals surface area (Å²) >= 11 is 0. The highest BCUT2D eigenvalue weighted by Crippen LogP contribution is 2.71. The van der Waals surface area contributed by atoms with Crippen LogP contribution < -0.4 is 0 Å². The summed E-state index contributed by atoms with van der Waals surface area (Å²) in [6, 6.07) is 0. The third-order valence-electron chi connectivity index (χ3n) is 11.9. The predicted molar refractivity (Wildman–Crippen MR) is 118 cm³/mol. The van der Waals surface area contributed by atoms with E-state index >= 15 is 0 Å². The second-order valence-corrected chi connectivity index (χ2v) is 13.1. The first kappa shape index (κ1) is 20.5. The van der Waals surface area contributed by atoms with Crippen molar-refractivity contribution in [2.75, 3.05) is 6.61 Å². The van der Waals surface area contributed by atoms with Crippen LogP contribution in [-0.4, -0.2) is 29.7 Å². The fraction of sp³-hybridized carbons (Fsp3) is 1.00. The second-order valence-electron chi connectivity index (χ2n) is 13.1. The van der Waals surface area contributed by atoms with Crippen molar-refractivity contribution in [3.63, 3.8) is 0 Å². The van der Waals surface area contributed by atoms with Crippen LogP contribution in [0, 0.1) is 52.3 Å². The number of hydrogen-bond donors (Lipinski definition) is 1. The Labute approximate surface area is 183 Å². The molecule has 1 spiro atoms. The summed E-state index contributed by atoms with van der Waals surface area (Å²) in [4.78, 5) is 0. The number of fused-ring (bicyclic) bond motifs is 7. The van der Waals surface area contributed by atoms with Gasteiger partial charge in [-0.05, 0) is 104 Å². The average Bonchev–Trinajstić information content (AvgIpc) is 3.16. The highest BCUT2D eigenvalue weighted by atomic mass is 16.7. The predicted octanol–water partition coefficient (Wildman–Crippen LogP) is 5.79. The fourth-order valence-corrected chi connectivity index (χ4v) is 10.3. The Kier molecular flexibility index (Phi) is 4.58. The minimum atomic E-state index is -0.282. The molecule has 4 aliphatic carbocycles. The molecular formula is C27H44O3. The van der Waals surface area contributed by atoms with Crippen LogP contribution in [0.1, 0.15) is 91.9 Å². The molecule has 2 saturated heterocycles. The van der Waals surface area contributed by atoms with Crippen LogP contribution >= 0.6 is 0 Å². The normalized spacial score (nSPS) is 62.5. The summed E-state index contributed by atoms with van der Waals surface area (Å²) in [5, 5.41) is 10.3. The Bertz CT molecular complexity index is 684. The van der Waals surface area contributed by atoms with Crippen molar-refractivity contribution in [1.29, 1.82) is 0 Å². The van der Waals surface area contributed by atoms with Crippen molar-refractivity contribution in [3.8, 4) is 0 Å². The Morgan fingerprint density at radius 2 is 1.63 bits per heavy atom. The van der Waals surface area contributed by atoms with E-state index in [0.29, 0.717) is 34.7 Å². The van der Waals surface area contributed by atoms with E-state index in [9.17, 15) is 5.11 Å². The maximum Gasteiger partial charge on any atom is 0.171 e. The molecule has 6 fully saturated rings. The van der Waals surface area contributed by atoms with E-state index in [4.69, 9.17) is 9.47 Å². The van der Waals surface area contributed by atoms with Gasteiger partial charge in [0.2, 0.25) is 0 Å². The summed E-state index contributed by atoms with van der Waals surface area (Å²) in [6.45, 7) is 10.9. The molecule has 4 saturated carbocycles. The molecule has 0 radical (unpaired) electrons. The first-order chi connectivity index (χ1) is 14.3. The van der Waals surface area contributed by atoms with Gasteiger partial charge in [-0.25, -0.2) is 0 Å². The molecule has 6 aliphatic rings. The monoisotopic (exact) mass is 416 g/mol. The van der Waals surface area contributed by atoms with E-state index in [1.165, 1.54) is 44.9 Å². The van der Waals surface area contributed by atoms with Gasteiger partial charge in [0.05, 0.1) is 18.8 Å². The SMILES string of the molecule is CC1C2C(CC3[C@@H]4CC[C@@H]5C[C@@H](O)CC[C@]5(C)C4CCC23C)OC12CC[C@H](C)CO2. The maximum atomic E-state index is 10.3. The molecule has 2 heterocycles. The van der Waals surface area contributed by atoms with E-state index in [-0.39, 0.29) is 11.9 Å². The molecule has 12 atom stereocenters. The van der Waals surface area contributed by atoms with Crippen LogP contribution in [0.25, 0.3) is 0 Å². The van der Waals surface area contributed by atoms with Crippen molar-refractivity contribution in [1.82, 2.24) is 0 Å². The third-order valence-corrected chi connectivity index (χ3v) is 11.9. The molecule has 3 nitrogen and oxygen atoms in total. The van der Waals surface area contributed by atoms with E-state index < -0.39 is 0 Å². The van der Waals surface area contributed by atoms with Crippen molar-refractivity contribution in [2.24, 2.45) is 52.3 Å². The van der Waals surface area contributed by atoms with Gasteiger partial charge in [-0.1, -0.05) is 27.7 Å². The van der Waals surface area contributed by atoms with Crippen LogP contribution in [0.15, 0.2) is 0 Å². The maximum absolute atomic E-state index is 10.3.